The summed E-state index contributed by atoms with van der Waals surface area (Å²) in [6, 6.07) is 12.6. The molecule has 1 fully saturated rings. The molecule has 9 heteroatoms. The molecule has 0 radical (unpaired) electrons. The molecule has 0 bridgehead atoms. The molecule has 1 aliphatic heterocycles. The van der Waals surface area contributed by atoms with E-state index in [-0.39, 0.29) is 30.1 Å². The van der Waals surface area contributed by atoms with Crippen molar-refractivity contribution in [3.05, 3.63) is 63.8 Å². The van der Waals surface area contributed by atoms with Crippen LogP contribution >= 0.6 is 0 Å². The zero-order chi connectivity index (χ0) is 24.9. The summed E-state index contributed by atoms with van der Waals surface area (Å²) in [7, 11) is 1.74. The van der Waals surface area contributed by atoms with Crippen molar-refractivity contribution in [3.63, 3.8) is 0 Å². The zero-order valence-electron chi connectivity index (χ0n) is 20.8. The van der Waals surface area contributed by atoms with Crippen molar-refractivity contribution in [3.8, 4) is 6.07 Å². The lowest BCUT2D eigenvalue weighted by Gasteiger charge is -2.47. The molecule has 0 unspecified atom stereocenters. The van der Waals surface area contributed by atoms with Gasteiger partial charge in [0.2, 0.25) is 0 Å². The van der Waals surface area contributed by atoms with Gasteiger partial charge in [0.15, 0.2) is 0 Å². The van der Waals surface area contributed by atoms with Gasteiger partial charge in [0.1, 0.15) is 11.5 Å². The van der Waals surface area contributed by atoms with Crippen molar-refractivity contribution in [2.75, 3.05) is 18.0 Å². The second-order valence-electron chi connectivity index (χ2n) is 9.62. The molecule has 35 heavy (non-hydrogen) atoms. The zero-order valence-corrected chi connectivity index (χ0v) is 20.8. The van der Waals surface area contributed by atoms with Gasteiger partial charge >= 0.3 is 0 Å². The first-order chi connectivity index (χ1) is 16.8. The Morgan fingerprint density at radius 3 is 2.71 bits per heavy atom. The molecule has 0 spiro atoms. The number of nitrogens with zero attached hydrogens (tertiary/aromatic N) is 8. The Morgan fingerprint density at radius 2 is 1.94 bits per heavy atom. The van der Waals surface area contributed by atoms with Crippen molar-refractivity contribution >= 4 is 22.5 Å². The lowest BCUT2D eigenvalue weighted by Crippen LogP contribution is -2.57. The van der Waals surface area contributed by atoms with Crippen LogP contribution in [0.1, 0.15) is 43.8 Å². The number of rotatable bonds is 4. The van der Waals surface area contributed by atoms with Gasteiger partial charge in [-0.25, -0.2) is 9.50 Å². The number of nitriles is 1. The predicted octanol–water partition coefficient (Wildman–Crippen LogP) is 3.01. The third-order valence-corrected chi connectivity index (χ3v) is 7.14. The quantitative estimate of drug-likeness (QED) is 0.452. The minimum Gasteiger partial charge on any atom is -0.351 e. The SMILES string of the molecule is Cc1cnc2ccc([C@@H](C)N3C[C@H](C)N(c4cc(=O)n(C)c5cc(CC#N)nn45)C[C@H]3C)cc2n1. The number of hydrogen-bond donors (Lipinski definition) is 0. The number of fused-ring (bicyclic) bond motifs is 2. The molecule has 5 rings (SSSR count). The predicted molar refractivity (Wildman–Crippen MR) is 135 cm³/mol. The second-order valence-corrected chi connectivity index (χ2v) is 9.62. The molecule has 0 amide bonds. The van der Waals surface area contributed by atoms with Crippen LogP contribution < -0.4 is 10.5 Å². The summed E-state index contributed by atoms with van der Waals surface area (Å²) >= 11 is 0. The number of hydrogen-bond acceptors (Lipinski definition) is 7. The van der Waals surface area contributed by atoms with Gasteiger partial charge in [0.25, 0.3) is 5.56 Å². The molecule has 4 heterocycles. The lowest BCUT2D eigenvalue weighted by atomic mass is 10.0. The molecule has 180 valence electrons. The molecule has 3 aromatic heterocycles. The summed E-state index contributed by atoms with van der Waals surface area (Å²) in [6.45, 7) is 10.2. The Balaban J connectivity index is 1.45. The standard InChI is InChI=1S/C26H30N8O/c1-16-13-28-22-7-6-20(10-23(22)29-16)19(4)32-14-18(3)33(15-17(32)2)25-12-26(35)31(5)24-11-21(8-9-27)30-34(24)25/h6-7,10-13,17-19H,8,14-15H2,1-5H3/t17-,18+,19-/m1/s1. The van der Waals surface area contributed by atoms with Crippen LogP contribution in [0.2, 0.25) is 0 Å². The number of benzene rings is 1. The highest BCUT2D eigenvalue weighted by molar-refractivity contribution is 5.75. The van der Waals surface area contributed by atoms with Gasteiger partial charge in [-0.2, -0.15) is 10.4 Å². The smallest absolute Gasteiger partial charge is 0.255 e. The first kappa shape index (κ1) is 23.0. The molecule has 1 aliphatic rings. The van der Waals surface area contributed by atoms with Crippen LogP contribution in [0.15, 0.2) is 41.3 Å². The molecule has 0 aliphatic carbocycles. The number of aryl methyl sites for hydroxylation is 2. The van der Waals surface area contributed by atoms with Crippen molar-refractivity contribution in [1.82, 2.24) is 29.0 Å². The molecule has 9 nitrogen and oxygen atoms in total. The highest BCUT2D eigenvalue weighted by Gasteiger charge is 2.34. The van der Waals surface area contributed by atoms with Gasteiger partial charge in [-0.15, -0.1) is 0 Å². The van der Waals surface area contributed by atoms with Gasteiger partial charge in [0, 0.05) is 56.6 Å². The molecule has 1 saturated heterocycles. The minimum absolute atomic E-state index is 0.0841. The fourth-order valence-electron chi connectivity index (χ4n) is 5.16. The van der Waals surface area contributed by atoms with Crippen molar-refractivity contribution < 1.29 is 0 Å². The maximum Gasteiger partial charge on any atom is 0.255 e. The maximum atomic E-state index is 12.7. The van der Waals surface area contributed by atoms with E-state index in [1.807, 2.05) is 19.1 Å². The van der Waals surface area contributed by atoms with Crippen LogP contribution in [0.25, 0.3) is 16.7 Å². The maximum absolute atomic E-state index is 12.7. The monoisotopic (exact) mass is 470 g/mol. The van der Waals surface area contributed by atoms with Crippen LogP contribution in [0.5, 0.6) is 0 Å². The number of aromatic nitrogens is 5. The summed E-state index contributed by atoms with van der Waals surface area (Å²) < 4.78 is 3.38. The lowest BCUT2D eigenvalue weighted by molar-refractivity contribution is 0.119. The Morgan fingerprint density at radius 1 is 1.14 bits per heavy atom. The average Bonchev–Trinajstić information content (AvgIpc) is 3.26. The summed E-state index contributed by atoms with van der Waals surface area (Å²) in [5.41, 5.74) is 5.23. The molecule has 0 N–H and O–H groups in total. The first-order valence-electron chi connectivity index (χ1n) is 12.0. The fraction of sp³-hybridized carbons (Fsp3) is 0.423. The summed E-state index contributed by atoms with van der Waals surface area (Å²) in [5, 5.41) is 13.8. The van der Waals surface area contributed by atoms with Gasteiger partial charge in [-0.05, 0) is 45.4 Å². The van der Waals surface area contributed by atoms with Crippen molar-refractivity contribution in [2.24, 2.45) is 7.05 Å². The molecule has 3 atom stereocenters. The van der Waals surface area contributed by atoms with Crippen LogP contribution in [0.4, 0.5) is 5.82 Å². The molecule has 1 aromatic carbocycles. The Kier molecular flexibility index (Phi) is 5.77. The average molecular weight is 471 g/mol. The van der Waals surface area contributed by atoms with Gasteiger partial charge in [-0.1, -0.05) is 6.07 Å². The second kappa shape index (κ2) is 8.78. The van der Waals surface area contributed by atoms with Crippen LogP contribution in [-0.2, 0) is 13.5 Å². The van der Waals surface area contributed by atoms with Gasteiger partial charge in [-0.3, -0.25) is 19.2 Å². The molecule has 4 aromatic rings. The Labute approximate surface area is 204 Å². The number of anilines is 1. The fourth-order valence-corrected chi connectivity index (χ4v) is 5.16. The van der Waals surface area contributed by atoms with E-state index in [9.17, 15) is 4.79 Å². The third kappa shape index (κ3) is 4.04. The van der Waals surface area contributed by atoms with E-state index in [1.165, 1.54) is 5.56 Å². The van der Waals surface area contributed by atoms with Crippen molar-refractivity contribution in [1.29, 1.82) is 5.26 Å². The van der Waals surface area contributed by atoms with E-state index in [0.717, 1.165) is 35.6 Å². The van der Waals surface area contributed by atoms with E-state index >= 15 is 0 Å². The number of piperazine rings is 1. The summed E-state index contributed by atoms with van der Waals surface area (Å²) in [4.78, 5) is 26.7. The normalized spacial score (nSPS) is 19.8. The molecule has 0 saturated carbocycles. The van der Waals surface area contributed by atoms with E-state index < -0.39 is 0 Å². The molecular weight excluding hydrogens is 440 g/mol. The highest BCUT2D eigenvalue weighted by Crippen LogP contribution is 2.31. The van der Waals surface area contributed by atoms with Gasteiger partial charge in [0.05, 0.1) is 34.9 Å². The third-order valence-electron chi connectivity index (χ3n) is 7.14. The highest BCUT2D eigenvalue weighted by atomic mass is 16.1. The largest absolute Gasteiger partial charge is 0.351 e. The van der Waals surface area contributed by atoms with Crippen LogP contribution in [-0.4, -0.2) is 54.2 Å². The van der Waals surface area contributed by atoms with Crippen LogP contribution in [0, 0.1) is 18.3 Å². The van der Waals surface area contributed by atoms with Gasteiger partial charge < -0.3 is 4.90 Å². The summed E-state index contributed by atoms with van der Waals surface area (Å²) in [6.07, 6.45) is 2.01. The minimum atomic E-state index is -0.0841. The van der Waals surface area contributed by atoms with E-state index in [4.69, 9.17) is 5.26 Å². The molecular formula is C26H30N8O. The first-order valence-corrected chi connectivity index (χ1v) is 12.0. The van der Waals surface area contributed by atoms with Crippen molar-refractivity contribution in [2.45, 2.75) is 52.2 Å². The summed E-state index contributed by atoms with van der Waals surface area (Å²) in [5.74, 6) is 0.774. The van der Waals surface area contributed by atoms with E-state index in [0.29, 0.717) is 11.3 Å². The van der Waals surface area contributed by atoms with E-state index in [1.54, 1.807) is 28.4 Å². The Hall–Kier alpha value is -3.77. The van der Waals surface area contributed by atoms with E-state index in [2.05, 4.69) is 63.8 Å². The van der Waals surface area contributed by atoms with Crippen LogP contribution in [0.3, 0.4) is 0 Å². The Bertz CT molecular complexity index is 1510. The topological polar surface area (TPSA) is 95.3 Å².